The zero-order valence-electron chi connectivity index (χ0n) is 16.1. The molecule has 0 radical (unpaired) electrons. The van der Waals surface area contributed by atoms with Crippen LogP contribution in [-0.4, -0.2) is 74.2 Å². The second kappa shape index (κ2) is 11.7. The van der Waals surface area contributed by atoms with E-state index in [0.29, 0.717) is 12.1 Å². The van der Waals surface area contributed by atoms with Crippen LogP contribution in [0.25, 0.3) is 0 Å². The van der Waals surface area contributed by atoms with E-state index in [-0.39, 0.29) is 0 Å². The summed E-state index contributed by atoms with van der Waals surface area (Å²) in [5.41, 5.74) is 0. The van der Waals surface area contributed by atoms with Gasteiger partial charge in [-0.05, 0) is 26.8 Å². The lowest BCUT2D eigenvalue weighted by Crippen LogP contribution is -2.53. The molecule has 0 spiro atoms. The first-order valence-corrected chi connectivity index (χ1v) is 9.54. The Balaban J connectivity index is 2.25. The van der Waals surface area contributed by atoms with Crippen molar-refractivity contribution in [2.24, 2.45) is 4.99 Å². The molecular weight excluding hydrogens is 286 g/mol. The quantitative estimate of drug-likeness (QED) is 0.387. The van der Waals surface area contributed by atoms with E-state index in [0.717, 1.165) is 12.5 Å². The predicted octanol–water partition coefficient (Wildman–Crippen LogP) is 2.15. The summed E-state index contributed by atoms with van der Waals surface area (Å²) in [4.78, 5) is 9.47. The van der Waals surface area contributed by atoms with Crippen LogP contribution in [0.3, 0.4) is 0 Å². The molecule has 1 aliphatic rings. The molecule has 1 heterocycles. The van der Waals surface area contributed by atoms with E-state index in [1.54, 1.807) is 0 Å². The van der Waals surface area contributed by atoms with Gasteiger partial charge in [0.25, 0.3) is 0 Å². The Morgan fingerprint density at radius 2 is 1.78 bits per heavy atom. The van der Waals surface area contributed by atoms with E-state index in [4.69, 9.17) is 0 Å². The summed E-state index contributed by atoms with van der Waals surface area (Å²) in [6.07, 6.45) is 5.10. The van der Waals surface area contributed by atoms with Crippen molar-refractivity contribution in [1.29, 1.82) is 0 Å². The Hall–Kier alpha value is -0.810. The molecule has 5 nitrogen and oxygen atoms in total. The molecule has 2 N–H and O–H groups in total. The summed E-state index contributed by atoms with van der Waals surface area (Å²) < 4.78 is 0. The van der Waals surface area contributed by atoms with Crippen LogP contribution in [0, 0.1) is 0 Å². The molecule has 1 saturated heterocycles. The highest BCUT2D eigenvalue weighted by molar-refractivity contribution is 5.79. The van der Waals surface area contributed by atoms with Crippen molar-refractivity contribution in [3.63, 3.8) is 0 Å². The number of hydrogen-bond acceptors (Lipinski definition) is 3. The Morgan fingerprint density at radius 3 is 2.35 bits per heavy atom. The third-order valence-electron chi connectivity index (χ3n) is 4.89. The Kier molecular flexibility index (Phi) is 10.3. The molecule has 1 aliphatic heterocycles. The molecule has 0 aromatic heterocycles. The van der Waals surface area contributed by atoms with Gasteiger partial charge in [-0.25, -0.2) is 0 Å². The van der Waals surface area contributed by atoms with E-state index in [9.17, 15) is 0 Å². The molecule has 1 rings (SSSR count). The van der Waals surface area contributed by atoms with Gasteiger partial charge >= 0.3 is 0 Å². The van der Waals surface area contributed by atoms with Crippen LogP contribution >= 0.6 is 0 Å². The fourth-order valence-electron chi connectivity index (χ4n) is 3.09. The zero-order valence-corrected chi connectivity index (χ0v) is 16.1. The molecule has 136 valence electrons. The van der Waals surface area contributed by atoms with E-state index >= 15 is 0 Å². The molecule has 5 heteroatoms. The summed E-state index contributed by atoms with van der Waals surface area (Å²) in [5, 5.41) is 7.01. The molecule has 0 bridgehead atoms. The first kappa shape index (κ1) is 20.2. The average molecular weight is 326 g/mol. The molecule has 0 aromatic carbocycles. The Bertz CT molecular complexity index is 323. The summed E-state index contributed by atoms with van der Waals surface area (Å²) in [6.45, 7) is 15.9. The minimum absolute atomic E-state index is 0.483. The monoisotopic (exact) mass is 325 g/mol. The van der Waals surface area contributed by atoms with Crippen LogP contribution in [-0.2, 0) is 0 Å². The van der Waals surface area contributed by atoms with E-state index in [2.05, 4.69) is 53.1 Å². The first-order valence-electron chi connectivity index (χ1n) is 9.54. The standard InChI is InChI=1S/C18H39N5/c1-6-8-9-10-16(3)21-18(19-5)20-15-17(4)23-13-11-22(7-2)12-14-23/h16-17H,6-15H2,1-5H3,(H2,19,20,21). The van der Waals surface area contributed by atoms with Crippen molar-refractivity contribution >= 4 is 5.96 Å². The molecule has 0 amide bonds. The minimum Gasteiger partial charge on any atom is -0.355 e. The maximum absolute atomic E-state index is 4.37. The van der Waals surface area contributed by atoms with Gasteiger partial charge in [-0.3, -0.25) is 9.89 Å². The molecule has 2 unspecified atom stereocenters. The van der Waals surface area contributed by atoms with Gasteiger partial charge in [0, 0.05) is 51.9 Å². The average Bonchev–Trinajstić information content (AvgIpc) is 2.58. The second-order valence-electron chi connectivity index (χ2n) is 6.81. The van der Waals surface area contributed by atoms with Gasteiger partial charge in [0.15, 0.2) is 5.96 Å². The molecule has 0 aromatic rings. The van der Waals surface area contributed by atoms with Crippen molar-refractivity contribution in [3.8, 4) is 0 Å². The molecule has 1 fully saturated rings. The number of unbranched alkanes of at least 4 members (excludes halogenated alkanes) is 2. The SMILES string of the molecule is CCCCCC(C)NC(=NC)NCC(C)N1CCN(CC)CC1. The van der Waals surface area contributed by atoms with Crippen LogP contribution in [0.4, 0.5) is 0 Å². The number of nitrogens with one attached hydrogen (secondary N) is 2. The van der Waals surface area contributed by atoms with Crippen LogP contribution < -0.4 is 10.6 Å². The highest BCUT2D eigenvalue weighted by Crippen LogP contribution is 2.06. The van der Waals surface area contributed by atoms with Crippen molar-refractivity contribution in [2.45, 2.75) is 65.5 Å². The number of guanidine groups is 1. The van der Waals surface area contributed by atoms with Crippen LogP contribution in [0.15, 0.2) is 4.99 Å². The normalized spacial score (nSPS) is 20.3. The predicted molar refractivity (Wildman–Crippen MR) is 101 cm³/mol. The van der Waals surface area contributed by atoms with Gasteiger partial charge in [0.2, 0.25) is 0 Å². The summed E-state index contributed by atoms with van der Waals surface area (Å²) in [6, 6.07) is 1.03. The van der Waals surface area contributed by atoms with Gasteiger partial charge in [0.05, 0.1) is 0 Å². The number of likely N-dealkylation sites (N-methyl/N-ethyl adjacent to an activating group) is 1. The van der Waals surface area contributed by atoms with Crippen LogP contribution in [0.1, 0.15) is 53.4 Å². The molecule has 0 aliphatic carbocycles. The molecule has 23 heavy (non-hydrogen) atoms. The van der Waals surface area contributed by atoms with Gasteiger partial charge in [0.1, 0.15) is 0 Å². The Labute approximate surface area is 143 Å². The van der Waals surface area contributed by atoms with Crippen molar-refractivity contribution in [2.75, 3.05) is 46.3 Å². The lowest BCUT2D eigenvalue weighted by atomic mass is 10.1. The number of nitrogens with zero attached hydrogens (tertiary/aromatic N) is 3. The van der Waals surface area contributed by atoms with E-state index in [1.807, 2.05) is 7.05 Å². The molecule has 2 atom stereocenters. The van der Waals surface area contributed by atoms with Crippen molar-refractivity contribution in [1.82, 2.24) is 20.4 Å². The van der Waals surface area contributed by atoms with Gasteiger partial charge in [-0.2, -0.15) is 0 Å². The van der Waals surface area contributed by atoms with E-state index in [1.165, 1.54) is 58.4 Å². The lowest BCUT2D eigenvalue weighted by Gasteiger charge is -2.37. The summed E-state index contributed by atoms with van der Waals surface area (Å²) >= 11 is 0. The molecule has 0 saturated carbocycles. The fourth-order valence-corrected chi connectivity index (χ4v) is 3.09. The largest absolute Gasteiger partial charge is 0.355 e. The minimum atomic E-state index is 0.483. The number of rotatable bonds is 9. The number of aliphatic imine (C=N–C) groups is 1. The summed E-state index contributed by atoms with van der Waals surface area (Å²) in [7, 11) is 1.86. The highest BCUT2D eigenvalue weighted by Gasteiger charge is 2.20. The first-order chi connectivity index (χ1) is 11.1. The maximum atomic E-state index is 4.37. The van der Waals surface area contributed by atoms with Crippen LogP contribution in [0.5, 0.6) is 0 Å². The number of piperazine rings is 1. The van der Waals surface area contributed by atoms with E-state index < -0.39 is 0 Å². The van der Waals surface area contributed by atoms with Crippen molar-refractivity contribution < 1.29 is 0 Å². The zero-order chi connectivity index (χ0) is 17.1. The van der Waals surface area contributed by atoms with Gasteiger partial charge in [-0.15, -0.1) is 0 Å². The van der Waals surface area contributed by atoms with Crippen LogP contribution in [0.2, 0.25) is 0 Å². The van der Waals surface area contributed by atoms with Crippen molar-refractivity contribution in [3.05, 3.63) is 0 Å². The fraction of sp³-hybridized carbons (Fsp3) is 0.944. The summed E-state index contributed by atoms with van der Waals surface area (Å²) in [5.74, 6) is 0.938. The van der Waals surface area contributed by atoms with Gasteiger partial charge in [-0.1, -0.05) is 33.1 Å². The van der Waals surface area contributed by atoms with Gasteiger partial charge < -0.3 is 15.5 Å². The maximum Gasteiger partial charge on any atom is 0.191 e. The third kappa shape index (κ3) is 8.02. The lowest BCUT2D eigenvalue weighted by molar-refractivity contribution is 0.107. The Morgan fingerprint density at radius 1 is 1.09 bits per heavy atom. The second-order valence-corrected chi connectivity index (χ2v) is 6.81. The smallest absolute Gasteiger partial charge is 0.191 e. The number of hydrogen-bond donors (Lipinski definition) is 2. The third-order valence-corrected chi connectivity index (χ3v) is 4.89. The topological polar surface area (TPSA) is 42.9 Å². The molecular formula is C18H39N5. The highest BCUT2D eigenvalue weighted by atomic mass is 15.3.